The molecule has 1 N–H and O–H groups in total. The normalized spacial score (nSPS) is 14.9. The van der Waals surface area contributed by atoms with E-state index < -0.39 is 0 Å². The number of hydrogen-bond acceptors (Lipinski definition) is 6. The van der Waals surface area contributed by atoms with Crippen LogP contribution in [0.25, 0.3) is 10.4 Å². The third-order valence-corrected chi connectivity index (χ3v) is 5.85. The fourth-order valence-electron chi connectivity index (χ4n) is 3.17. The number of aromatic nitrogens is 2. The van der Waals surface area contributed by atoms with Crippen molar-refractivity contribution in [2.75, 3.05) is 38.5 Å². The van der Waals surface area contributed by atoms with Gasteiger partial charge in [0.15, 0.2) is 5.13 Å². The number of piperazine rings is 1. The molecule has 0 bridgehead atoms. The fraction of sp³-hybridized carbons (Fsp3) is 0.286. The maximum absolute atomic E-state index is 12.5. The van der Waals surface area contributed by atoms with Gasteiger partial charge in [-0.2, -0.15) is 0 Å². The molecule has 3 aromatic rings. The van der Waals surface area contributed by atoms with Gasteiger partial charge in [0.1, 0.15) is 0 Å². The van der Waals surface area contributed by atoms with Gasteiger partial charge in [-0.25, -0.2) is 4.98 Å². The van der Waals surface area contributed by atoms with Crippen LogP contribution >= 0.6 is 23.7 Å². The number of halogens is 1. The molecule has 0 saturated carbocycles. The number of benzene rings is 1. The lowest BCUT2D eigenvalue weighted by Gasteiger charge is -2.32. The summed E-state index contributed by atoms with van der Waals surface area (Å²) >= 11 is 1.44. The lowest BCUT2D eigenvalue weighted by atomic mass is 10.1. The van der Waals surface area contributed by atoms with Gasteiger partial charge in [-0.05, 0) is 30.8 Å². The predicted molar refractivity (Wildman–Crippen MR) is 120 cm³/mol. The molecule has 1 aromatic carbocycles. The van der Waals surface area contributed by atoms with Crippen molar-refractivity contribution in [1.29, 1.82) is 0 Å². The second-order valence-corrected chi connectivity index (χ2v) is 8.03. The number of likely N-dealkylation sites (N-methyl/N-ethyl adjacent to an activating group) is 1. The van der Waals surface area contributed by atoms with E-state index in [-0.39, 0.29) is 18.3 Å². The van der Waals surface area contributed by atoms with E-state index in [1.807, 2.05) is 36.4 Å². The minimum Gasteiger partial charge on any atom is -0.304 e. The van der Waals surface area contributed by atoms with Crippen LogP contribution in [0, 0.1) is 0 Å². The van der Waals surface area contributed by atoms with E-state index in [2.05, 4.69) is 32.1 Å². The summed E-state index contributed by atoms with van der Waals surface area (Å²) in [7, 11) is 2.16. The van der Waals surface area contributed by atoms with Crippen LogP contribution in [0.3, 0.4) is 0 Å². The maximum atomic E-state index is 12.5. The molecule has 1 fully saturated rings. The molecular weight excluding hydrogens is 406 g/mol. The van der Waals surface area contributed by atoms with Gasteiger partial charge in [-0.15, -0.1) is 12.4 Å². The molecule has 8 heteroatoms. The standard InChI is InChI=1S/C21H23N5OS.ClH/c1-25-9-11-26(12-10-25)15-16-4-6-17(7-5-16)20(27)24-21-23-14-19(28-21)18-3-2-8-22-13-18;/h2-8,13-14H,9-12,15H2,1H3,(H,23,24,27);1H. The van der Waals surface area contributed by atoms with Crippen LogP contribution < -0.4 is 5.32 Å². The van der Waals surface area contributed by atoms with E-state index in [1.54, 1.807) is 18.6 Å². The predicted octanol–water partition coefficient (Wildman–Crippen LogP) is 3.63. The minimum absolute atomic E-state index is 0. The fourth-order valence-corrected chi connectivity index (χ4v) is 3.97. The third-order valence-electron chi connectivity index (χ3n) is 4.89. The molecule has 4 rings (SSSR count). The number of anilines is 1. The number of amides is 1. The van der Waals surface area contributed by atoms with Gasteiger partial charge in [-0.1, -0.05) is 29.5 Å². The van der Waals surface area contributed by atoms with E-state index in [4.69, 9.17) is 0 Å². The smallest absolute Gasteiger partial charge is 0.257 e. The number of rotatable bonds is 5. The second kappa shape index (κ2) is 9.93. The molecule has 1 aliphatic heterocycles. The Morgan fingerprint density at radius 3 is 2.55 bits per heavy atom. The van der Waals surface area contributed by atoms with Crippen LogP contribution in [0.4, 0.5) is 5.13 Å². The van der Waals surface area contributed by atoms with Crippen molar-refractivity contribution in [2.45, 2.75) is 6.54 Å². The van der Waals surface area contributed by atoms with Gasteiger partial charge in [0, 0.05) is 62.4 Å². The summed E-state index contributed by atoms with van der Waals surface area (Å²) in [5.74, 6) is -0.141. The molecule has 6 nitrogen and oxygen atoms in total. The maximum Gasteiger partial charge on any atom is 0.257 e. The molecule has 1 aliphatic rings. The zero-order valence-electron chi connectivity index (χ0n) is 16.2. The van der Waals surface area contributed by atoms with E-state index >= 15 is 0 Å². The highest BCUT2D eigenvalue weighted by Crippen LogP contribution is 2.28. The van der Waals surface area contributed by atoms with Gasteiger partial charge < -0.3 is 4.90 Å². The summed E-state index contributed by atoms with van der Waals surface area (Å²) in [5, 5.41) is 3.47. The van der Waals surface area contributed by atoms with Gasteiger partial charge >= 0.3 is 0 Å². The number of carbonyl (C=O) groups is 1. The number of carbonyl (C=O) groups excluding carboxylic acids is 1. The summed E-state index contributed by atoms with van der Waals surface area (Å²) < 4.78 is 0. The molecule has 0 atom stereocenters. The molecule has 0 radical (unpaired) electrons. The molecular formula is C21H24ClN5OS. The average molecular weight is 430 g/mol. The quantitative estimate of drug-likeness (QED) is 0.671. The summed E-state index contributed by atoms with van der Waals surface area (Å²) in [6, 6.07) is 11.7. The Bertz CT molecular complexity index is 924. The molecule has 1 amide bonds. The largest absolute Gasteiger partial charge is 0.304 e. The zero-order chi connectivity index (χ0) is 19.3. The molecule has 1 saturated heterocycles. The molecule has 29 heavy (non-hydrogen) atoms. The highest BCUT2D eigenvalue weighted by atomic mass is 35.5. The van der Waals surface area contributed by atoms with Crippen molar-refractivity contribution in [3.8, 4) is 10.4 Å². The zero-order valence-corrected chi connectivity index (χ0v) is 17.9. The lowest BCUT2D eigenvalue weighted by Crippen LogP contribution is -2.43. The van der Waals surface area contributed by atoms with Crippen LogP contribution in [0.15, 0.2) is 55.0 Å². The second-order valence-electron chi connectivity index (χ2n) is 7.00. The molecule has 2 aromatic heterocycles. The lowest BCUT2D eigenvalue weighted by molar-refractivity contribution is 0.102. The van der Waals surface area contributed by atoms with Crippen LogP contribution in [0.2, 0.25) is 0 Å². The molecule has 0 aliphatic carbocycles. The molecule has 0 unspecified atom stereocenters. The van der Waals surface area contributed by atoms with Crippen molar-refractivity contribution in [2.24, 2.45) is 0 Å². The summed E-state index contributed by atoms with van der Waals surface area (Å²) in [4.78, 5) is 26.7. The Labute approximate surface area is 181 Å². The van der Waals surface area contributed by atoms with E-state index in [0.29, 0.717) is 10.7 Å². The third kappa shape index (κ3) is 5.61. The summed E-state index contributed by atoms with van der Waals surface area (Å²) in [5.41, 5.74) is 2.86. The van der Waals surface area contributed by atoms with Crippen molar-refractivity contribution in [3.63, 3.8) is 0 Å². The van der Waals surface area contributed by atoms with E-state index in [0.717, 1.165) is 43.2 Å². The number of nitrogens with zero attached hydrogens (tertiary/aromatic N) is 4. The summed E-state index contributed by atoms with van der Waals surface area (Å²) in [6.45, 7) is 5.31. The van der Waals surface area contributed by atoms with Crippen molar-refractivity contribution in [3.05, 3.63) is 66.1 Å². The number of nitrogens with one attached hydrogen (secondary N) is 1. The van der Waals surface area contributed by atoms with Gasteiger partial charge in [0.25, 0.3) is 5.91 Å². The Morgan fingerprint density at radius 2 is 1.86 bits per heavy atom. The van der Waals surface area contributed by atoms with E-state index in [1.165, 1.54) is 16.9 Å². The summed E-state index contributed by atoms with van der Waals surface area (Å²) in [6.07, 6.45) is 5.29. The number of hydrogen-bond donors (Lipinski definition) is 1. The van der Waals surface area contributed by atoms with Crippen molar-refractivity contribution in [1.82, 2.24) is 19.8 Å². The topological polar surface area (TPSA) is 61.4 Å². The van der Waals surface area contributed by atoms with Crippen molar-refractivity contribution >= 4 is 34.8 Å². The SMILES string of the molecule is CN1CCN(Cc2ccc(C(=O)Nc3ncc(-c4cccnc4)s3)cc2)CC1.Cl. The first-order chi connectivity index (χ1) is 13.7. The Balaban J connectivity index is 0.00000240. The first-order valence-corrected chi connectivity index (χ1v) is 10.2. The Morgan fingerprint density at radius 1 is 1.10 bits per heavy atom. The van der Waals surface area contributed by atoms with E-state index in [9.17, 15) is 4.79 Å². The Hall–Kier alpha value is -2.32. The highest BCUT2D eigenvalue weighted by Gasteiger charge is 2.14. The van der Waals surface area contributed by atoms with Gasteiger partial charge in [0.2, 0.25) is 0 Å². The molecule has 0 spiro atoms. The minimum atomic E-state index is -0.141. The number of pyridine rings is 1. The number of thiazole rings is 1. The molecule has 152 valence electrons. The monoisotopic (exact) mass is 429 g/mol. The first-order valence-electron chi connectivity index (χ1n) is 9.35. The highest BCUT2D eigenvalue weighted by molar-refractivity contribution is 7.19. The van der Waals surface area contributed by atoms with Crippen LogP contribution in [0.1, 0.15) is 15.9 Å². The van der Waals surface area contributed by atoms with Gasteiger partial charge in [0.05, 0.1) is 4.88 Å². The molecule has 3 heterocycles. The van der Waals surface area contributed by atoms with Crippen LogP contribution in [0.5, 0.6) is 0 Å². The van der Waals surface area contributed by atoms with Gasteiger partial charge in [-0.3, -0.25) is 20.0 Å². The average Bonchev–Trinajstić information content (AvgIpc) is 3.19. The van der Waals surface area contributed by atoms with Crippen molar-refractivity contribution < 1.29 is 4.79 Å². The van der Waals surface area contributed by atoms with Crippen LogP contribution in [-0.2, 0) is 6.54 Å². The Kier molecular flexibility index (Phi) is 7.33. The van der Waals surface area contributed by atoms with Crippen LogP contribution in [-0.4, -0.2) is 58.9 Å². The first kappa shape index (κ1) is 21.4.